The third kappa shape index (κ3) is 5.61. The second kappa shape index (κ2) is 10.6. The van der Waals surface area contributed by atoms with Crippen molar-refractivity contribution in [2.45, 2.75) is 26.3 Å². The fraction of sp³-hybridized carbons (Fsp3) is 0.368. The van der Waals surface area contributed by atoms with Crippen LogP contribution in [-0.2, 0) is 16.0 Å². The van der Waals surface area contributed by atoms with Gasteiger partial charge in [0.15, 0.2) is 0 Å². The largest absolute Gasteiger partial charge is 0.465 e. The average molecular weight is 382 g/mol. The molecule has 0 bridgehead atoms. The summed E-state index contributed by atoms with van der Waals surface area (Å²) in [6, 6.07) is 8.39. The maximum absolute atomic E-state index is 11.9. The molecule has 0 aliphatic heterocycles. The van der Waals surface area contributed by atoms with Crippen molar-refractivity contribution in [3.05, 3.63) is 47.2 Å². The fourth-order valence-corrected chi connectivity index (χ4v) is 2.38. The van der Waals surface area contributed by atoms with Gasteiger partial charge in [-0.15, -0.1) is 12.4 Å². The van der Waals surface area contributed by atoms with Crippen LogP contribution < -0.4 is 5.32 Å². The van der Waals surface area contributed by atoms with Gasteiger partial charge in [-0.05, 0) is 43.3 Å². The van der Waals surface area contributed by atoms with Gasteiger partial charge < -0.3 is 19.2 Å². The Balaban J connectivity index is 0.00000338. The Morgan fingerprint density at radius 2 is 1.65 bits per heavy atom. The molecule has 0 amide bonds. The van der Waals surface area contributed by atoms with E-state index in [-0.39, 0.29) is 23.5 Å². The van der Waals surface area contributed by atoms with E-state index in [9.17, 15) is 9.59 Å². The molecule has 0 fully saturated rings. The topological polar surface area (TPSA) is 77.8 Å². The van der Waals surface area contributed by atoms with Gasteiger partial charge in [-0.2, -0.15) is 0 Å². The van der Waals surface area contributed by atoms with Gasteiger partial charge in [0.25, 0.3) is 0 Å². The first kappa shape index (κ1) is 21.7. The van der Waals surface area contributed by atoms with Crippen molar-refractivity contribution in [3.8, 4) is 11.3 Å². The number of carbonyl (C=O) groups excluding carboxylic acids is 2. The lowest BCUT2D eigenvalue weighted by Gasteiger charge is -2.06. The van der Waals surface area contributed by atoms with E-state index in [4.69, 9.17) is 13.9 Å². The first-order valence-electron chi connectivity index (χ1n) is 8.20. The van der Waals surface area contributed by atoms with Crippen LogP contribution in [0.1, 0.15) is 46.2 Å². The van der Waals surface area contributed by atoms with Crippen LogP contribution >= 0.6 is 12.4 Å². The molecule has 0 aliphatic rings. The third-order valence-electron chi connectivity index (χ3n) is 3.73. The lowest BCUT2D eigenvalue weighted by molar-refractivity contribution is 0.0599. The Kier molecular flexibility index (Phi) is 8.88. The average Bonchev–Trinajstić information content (AvgIpc) is 3.12. The van der Waals surface area contributed by atoms with Crippen LogP contribution in [0.2, 0.25) is 0 Å². The number of ether oxygens (including phenoxy) is 2. The molecule has 0 saturated carbocycles. The number of hydrogen-bond donors (Lipinski definition) is 1. The minimum Gasteiger partial charge on any atom is -0.465 e. The predicted molar refractivity (Wildman–Crippen MR) is 101 cm³/mol. The smallest absolute Gasteiger partial charge is 0.337 e. The monoisotopic (exact) mass is 381 g/mol. The summed E-state index contributed by atoms with van der Waals surface area (Å²) in [5.41, 5.74) is 1.14. The van der Waals surface area contributed by atoms with Crippen LogP contribution in [-0.4, -0.2) is 32.7 Å². The molecule has 2 rings (SSSR count). The SMILES string of the molecule is CCCCNCc1ccc(-c2cc(C(=O)OC)cc(C(=O)OC)c2)o1.Cl. The van der Waals surface area contributed by atoms with Crippen LogP contribution in [0.15, 0.2) is 34.7 Å². The van der Waals surface area contributed by atoms with E-state index in [2.05, 4.69) is 12.2 Å². The Hall–Kier alpha value is -2.31. The van der Waals surface area contributed by atoms with Gasteiger partial charge in [0.05, 0.1) is 31.9 Å². The highest BCUT2D eigenvalue weighted by Crippen LogP contribution is 2.25. The van der Waals surface area contributed by atoms with E-state index in [1.807, 2.05) is 12.1 Å². The molecule has 1 aromatic heterocycles. The zero-order valence-electron chi connectivity index (χ0n) is 15.2. The van der Waals surface area contributed by atoms with Crippen molar-refractivity contribution in [3.63, 3.8) is 0 Å². The maximum Gasteiger partial charge on any atom is 0.337 e. The van der Waals surface area contributed by atoms with E-state index in [1.165, 1.54) is 20.3 Å². The summed E-state index contributed by atoms with van der Waals surface area (Å²) in [5, 5.41) is 3.30. The van der Waals surface area contributed by atoms with Crippen LogP contribution in [0.3, 0.4) is 0 Å². The number of methoxy groups -OCH3 is 2. The summed E-state index contributed by atoms with van der Waals surface area (Å²) in [6.45, 7) is 3.69. The number of hydrogen-bond acceptors (Lipinski definition) is 6. The van der Waals surface area contributed by atoms with Crippen molar-refractivity contribution in [2.75, 3.05) is 20.8 Å². The normalized spacial score (nSPS) is 10.1. The van der Waals surface area contributed by atoms with Gasteiger partial charge >= 0.3 is 11.9 Å². The second-order valence-corrected chi connectivity index (χ2v) is 5.58. The number of furan rings is 1. The summed E-state index contributed by atoms with van der Waals surface area (Å²) in [7, 11) is 2.58. The number of carbonyl (C=O) groups is 2. The molecular formula is C19H24ClNO5. The van der Waals surface area contributed by atoms with Crippen LogP contribution in [0, 0.1) is 0 Å². The number of esters is 2. The number of unbranched alkanes of at least 4 members (excludes halogenated alkanes) is 1. The van der Waals surface area contributed by atoms with E-state index in [0.717, 1.165) is 25.1 Å². The molecule has 142 valence electrons. The first-order chi connectivity index (χ1) is 12.1. The molecule has 0 saturated heterocycles. The van der Waals surface area contributed by atoms with Gasteiger partial charge in [-0.3, -0.25) is 0 Å². The van der Waals surface area contributed by atoms with Crippen LogP contribution in [0.25, 0.3) is 11.3 Å². The zero-order chi connectivity index (χ0) is 18.2. The van der Waals surface area contributed by atoms with E-state index < -0.39 is 11.9 Å². The van der Waals surface area contributed by atoms with E-state index >= 15 is 0 Å². The van der Waals surface area contributed by atoms with Crippen LogP contribution in [0.4, 0.5) is 0 Å². The van der Waals surface area contributed by atoms with Gasteiger partial charge in [-0.1, -0.05) is 13.3 Å². The summed E-state index contributed by atoms with van der Waals surface area (Å²) in [4.78, 5) is 23.7. The quantitative estimate of drug-likeness (QED) is 0.553. The summed E-state index contributed by atoms with van der Waals surface area (Å²) in [5.74, 6) is 0.303. The predicted octanol–water partition coefficient (Wildman–Crippen LogP) is 3.83. The number of nitrogens with one attached hydrogen (secondary N) is 1. The molecule has 0 aliphatic carbocycles. The van der Waals surface area contributed by atoms with Crippen molar-refractivity contribution >= 4 is 24.3 Å². The first-order valence-corrected chi connectivity index (χ1v) is 8.20. The molecule has 0 unspecified atom stereocenters. The molecule has 0 radical (unpaired) electrons. The van der Waals surface area contributed by atoms with Crippen molar-refractivity contribution in [1.82, 2.24) is 5.32 Å². The molecule has 2 aromatic rings. The molecule has 7 heteroatoms. The Bertz CT molecular complexity index is 707. The fourth-order valence-electron chi connectivity index (χ4n) is 2.38. The standard InChI is InChI=1S/C19H23NO5.ClH/c1-4-5-8-20-12-16-6-7-17(25-16)13-9-14(18(21)23-2)11-15(10-13)19(22)24-3;/h6-7,9-11,20H,4-5,8,12H2,1-3H3;1H. The molecule has 0 spiro atoms. The third-order valence-corrected chi connectivity index (χ3v) is 3.73. The van der Waals surface area contributed by atoms with Crippen LogP contribution in [0.5, 0.6) is 0 Å². The minimum atomic E-state index is -0.528. The Morgan fingerprint density at radius 3 is 2.19 bits per heavy atom. The lowest BCUT2D eigenvalue weighted by atomic mass is 10.0. The second-order valence-electron chi connectivity index (χ2n) is 5.58. The van der Waals surface area contributed by atoms with E-state index in [0.29, 0.717) is 17.9 Å². The summed E-state index contributed by atoms with van der Waals surface area (Å²) < 4.78 is 15.3. The van der Waals surface area contributed by atoms with Crippen molar-refractivity contribution < 1.29 is 23.5 Å². The van der Waals surface area contributed by atoms with Gasteiger partial charge in [0.1, 0.15) is 11.5 Å². The molecule has 1 aromatic carbocycles. The highest BCUT2D eigenvalue weighted by molar-refractivity contribution is 5.97. The lowest BCUT2D eigenvalue weighted by Crippen LogP contribution is -2.13. The van der Waals surface area contributed by atoms with Gasteiger partial charge in [0.2, 0.25) is 0 Å². The summed E-state index contributed by atoms with van der Waals surface area (Å²) in [6.07, 6.45) is 2.24. The number of halogens is 1. The highest BCUT2D eigenvalue weighted by atomic mass is 35.5. The molecule has 26 heavy (non-hydrogen) atoms. The minimum absolute atomic E-state index is 0. The number of rotatable bonds is 8. The highest BCUT2D eigenvalue weighted by Gasteiger charge is 2.16. The Morgan fingerprint density at radius 1 is 1.04 bits per heavy atom. The molecule has 6 nitrogen and oxygen atoms in total. The summed E-state index contributed by atoms with van der Waals surface area (Å²) >= 11 is 0. The maximum atomic E-state index is 11.9. The van der Waals surface area contributed by atoms with E-state index in [1.54, 1.807) is 12.1 Å². The van der Waals surface area contributed by atoms with Gasteiger partial charge in [0, 0.05) is 5.56 Å². The molecule has 0 atom stereocenters. The molecular weight excluding hydrogens is 358 g/mol. The number of benzene rings is 1. The van der Waals surface area contributed by atoms with Gasteiger partial charge in [-0.25, -0.2) is 9.59 Å². The molecule has 1 N–H and O–H groups in total. The zero-order valence-corrected chi connectivity index (χ0v) is 16.0. The Labute approximate surface area is 159 Å². The van der Waals surface area contributed by atoms with Crippen molar-refractivity contribution in [1.29, 1.82) is 0 Å². The molecule has 1 heterocycles. The van der Waals surface area contributed by atoms with Crippen molar-refractivity contribution in [2.24, 2.45) is 0 Å².